The Bertz CT molecular complexity index is 888. The summed E-state index contributed by atoms with van der Waals surface area (Å²) in [6.07, 6.45) is 7.88. The quantitative estimate of drug-likeness (QED) is 0.397. The molecule has 11 heteroatoms. The lowest BCUT2D eigenvalue weighted by atomic mass is 10.0. The molecule has 0 aromatic rings. The first kappa shape index (κ1) is 27.1. The van der Waals surface area contributed by atoms with E-state index in [-0.39, 0.29) is 17.7 Å². The fraction of sp³-hybridized carbons (Fsp3) is 0.750. The molecule has 0 spiro atoms. The molecule has 1 aliphatic carbocycles. The Labute approximate surface area is 208 Å². The van der Waals surface area contributed by atoms with Crippen molar-refractivity contribution in [2.75, 3.05) is 6.54 Å². The number of hydrogen-bond acceptors (Lipinski definition) is 6. The molecule has 3 N–H and O–H groups in total. The fourth-order valence-electron chi connectivity index (χ4n) is 4.92. The first-order chi connectivity index (χ1) is 16.5. The maximum absolute atomic E-state index is 13.6. The summed E-state index contributed by atoms with van der Waals surface area (Å²) < 4.78 is 16.4. The van der Waals surface area contributed by atoms with Gasteiger partial charge in [0, 0.05) is 12.5 Å². The first-order valence-electron chi connectivity index (χ1n) is 12.4. The second kappa shape index (κ2) is 11.1. The number of amides is 4. The van der Waals surface area contributed by atoms with Gasteiger partial charge in [-0.1, -0.05) is 31.9 Å². The molecule has 194 valence electrons. The third kappa shape index (κ3) is 6.81. The number of allylic oxidation sites excluding steroid dienone is 1. The Balaban J connectivity index is 1.85. The minimum atomic E-state index is -1.17. The highest BCUT2D eigenvalue weighted by atomic mass is 31.1. The van der Waals surface area contributed by atoms with E-state index in [9.17, 15) is 23.7 Å². The molecule has 10 nitrogen and oxygen atoms in total. The SMILES string of the molecule is C[C@@H]1C[C@H]2C(=O)N[C@]3(C(=O)NP=O)CC3/C=C\CCCCC[C@H](NC(=O)OC(C)(C)C)C(=O)N2C1. The van der Waals surface area contributed by atoms with Crippen molar-refractivity contribution in [3.8, 4) is 0 Å². The number of hydrogen-bond donors (Lipinski definition) is 3. The maximum atomic E-state index is 13.6. The van der Waals surface area contributed by atoms with Crippen LogP contribution in [0.2, 0.25) is 0 Å². The van der Waals surface area contributed by atoms with Crippen LogP contribution in [0.3, 0.4) is 0 Å². The van der Waals surface area contributed by atoms with E-state index in [1.807, 2.05) is 19.1 Å². The number of carbonyl (C=O) groups excluding carboxylic acids is 4. The third-order valence-electron chi connectivity index (χ3n) is 6.73. The molecule has 0 aromatic carbocycles. The lowest BCUT2D eigenvalue weighted by molar-refractivity contribution is -0.141. The molecule has 2 fully saturated rings. The van der Waals surface area contributed by atoms with Gasteiger partial charge in [0.1, 0.15) is 23.2 Å². The number of alkyl carbamates (subject to hydrolysis) is 1. The number of rotatable bonds is 3. The van der Waals surface area contributed by atoms with Crippen molar-refractivity contribution in [3.63, 3.8) is 0 Å². The number of nitrogens with one attached hydrogen (secondary N) is 3. The summed E-state index contributed by atoms with van der Waals surface area (Å²) in [6, 6.07) is -1.57. The van der Waals surface area contributed by atoms with Crippen LogP contribution >= 0.6 is 8.61 Å². The monoisotopic (exact) mass is 508 g/mol. The van der Waals surface area contributed by atoms with E-state index in [1.54, 1.807) is 20.8 Å². The van der Waals surface area contributed by atoms with Gasteiger partial charge >= 0.3 is 6.09 Å². The molecular formula is C24H37N4O6P. The Morgan fingerprint density at radius 1 is 1.23 bits per heavy atom. The zero-order chi connectivity index (χ0) is 25.8. The van der Waals surface area contributed by atoms with Gasteiger partial charge in [-0.05, 0) is 58.8 Å². The van der Waals surface area contributed by atoms with Crippen LogP contribution in [0.15, 0.2) is 12.2 Å². The Morgan fingerprint density at radius 2 is 1.97 bits per heavy atom. The fourth-order valence-corrected chi connectivity index (χ4v) is 5.20. The molecule has 2 aliphatic heterocycles. The molecular weight excluding hydrogens is 471 g/mol. The average molecular weight is 509 g/mol. The molecule has 0 bridgehead atoms. The summed E-state index contributed by atoms with van der Waals surface area (Å²) in [6.45, 7) is 7.61. The van der Waals surface area contributed by atoms with Crippen molar-refractivity contribution in [2.45, 2.75) is 95.9 Å². The zero-order valence-electron chi connectivity index (χ0n) is 21.0. The maximum Gasteiger partial charge on any atom is 0.408 e. The predicted molar refractivity (Wildman–Crippen MR) is 129 cm³/mol. The largest absolute Gasteiger partial charge is 0.444 e. The molecule has 3 aliphatic rings. The van der Waals surface area contributed by atoms with Crippen LogP contribution in [0, 0.1) is 11.8 Å². The second-order valence-electron chi connectivity index (χ2n) is 10.9. The van der Waals surface area contributed by atoms with E-state index < -0.39 is 49.7 Å². The summed E-state index contributed by atoms with van der Waals surface area (Å²) in [4.78, 5) is 53.7. The number of ether oxygens (including phenoxy) is 1. The van der Waals surface area contributed by atoms with E-state index in [0.717, 1.165) is 25.7 Å². The number of nitrogens with zero attached hydrogens (tertiary/aromatic N) is 1. The molecule has 35 heavy (non-hydrogen) atoms. The van der Waals surface area contributed by atoms with Gasteiger partial charge in [-0.3, -0.25) is 19.5 Å². The standard InChI is InChI=1S/C24H37N4O6P/c1-15-12-18-19(29)26-24(21(31)27-35-33)13-16(24)10-8-6-5-7-9-11-17(20(30)28(18)14-15)25-22(32)34-23(2,3)4/h8,10,15-18H,5-7,9,11-14H2,1-4H3,(H,25,32)(H,26,29)(H,27,31,33)/b10-8-/t15-,16?,17+,18+,24-/m1/s1. The van der Waals surface area contributed by atoms with E-state index in [4.69, 9.17) is 4.74 Å². The van der Waals surface area contributed by atoms with Crippen molar-refractivity contribution in [3.05, 3.63) is 12.2 Å². The summed E-state index contributed by atoms with van der Waals surface area (Å²) in [5.41, 5.74) is -1.87. The molecule has 5 atom stereocenters. The minimum absolute atomic E-state index is 0.0793. The lowest BCUT2D eigenvalue weighted by Gasteiger charge is -2.30. The number of carbonyl (C=O) groups is 4. The van der Waals surface area contributed by atoms with Crippen LogP contribution < -0.4 is 15.7 Å². The van der Waals surface area contributed by atoms with Crippen molar-refractivity contribution in [1.29, 1.82) is 0 Å². The third-order valence-corrected chi connectivity index (χ3v) is 7.02. The van der Waals surface area contributed by atoms with Crippen LogP contribution in [0.1, 0.15) is 72.6 Å². The van der Waals surface area contributed by atoms with Gasteiger partial charge in [0.25, 0.3) is 14.5 Å². The summed E-state index contributed by atoms with van der Waals surface area (Å²) >= 11 is 0. The Kier molecular flexibility index (Phi) is 8.57. The Morgan fingerprint density at radius 3 is 2.66 bits per heavy atom. The van der Waals surface area contributed by atoms with Crippen molar-refractivity contribution in [1.82, 2.24) is 20.6 Å². The normalized spacial score (nSPS) is 32.9. The van der Waals surface area contributed by atoms with Gasteiger partial charge in [-0.25, -0.2) is 9.36 Å². The van der Waals surface area contributed by atoms with Gasteiger partial charge in [-0.2, -0.15) is 0 Å². The topological polar surface area (TPSA) is 134 Å². The van der Waals surface area contributed by atoms with Crippen molar-refractivity contribution >= 4 is 32.4 Å². The van der Waals surface area contributed by atoms with Gasteiger partial charge < -0.3 is 20.3 Å². The van der Waals surface area contributed by atoms with Crippen molar-refractivity contribution in [2.24, 2.45) is 11.8 Å². The molecule has 1 saturated carbocycles. The van der Waals surface area contributed by atoms with Crippen LogP contribution in [0.4, 0.5) is 4.79 Å². The van der Waals surface area contributed by atoms with Gasteiger partial charge in [-0.15, -0.1) is 0 Å². The molecule has 1 saturated heterocycles. The van der Waals surface area contributed by atoms with Gasteiger partial charge in [0.2, 0.25) is 11.8 Å². The second-order valence-corrected chi connectivity index (χ2v) is 11.3. The summed E-state index contributed by atoms with van der Waals surface area (Å²) in [7, 11) is -0.527. The number of fused-ring (bicyclic) bond motifs is 2. The summed E-state index contributed by atoms with van der Waals surface area (Å²) in [5, 5.41) is 7.86. The van der Waals surface area contributed by atoms with Crippen molar-refractivity contribution < 1.29 is 28.5 Å². The van der Waals surface area contributed by atoms with E-state index >= 15 is 0 Å². The average Bonchev–Trinajstić information content (AvgIpc) is 3.30. The highest BCUT2D eigenvalue weighted by molar-refractivity contribution is 7.22. The molecule has 4 amide bonds. The van der Waals surface area contributed by atoms with E-state index in [0.29, 0.717) is 25.8 Å². The highest BCUT2D eigenvalue weighted by Crippen LogP contribution is 2.45. The Hall–Kier alpha value is -2.48. The van der Waals surface area contributed by atoms with Gasteiger partial charge in [0.05, 0.1) is 0 Å². The van der Waals surface area contributed by atoms with Crippen LogP contribution in [0.25, 0.3) is 0 Å². The summed E-state index contributed by atoms with van der Waals surface area (Å²) in [5.74, 6) is -1.35. The molecule has 3 rings (SSSR count). The van der Waals surface area contributed by atoms with Crippen LogP contribution in [-0.2, 0) is 23.7 Å². The molecule has 0 aromatic heterocycles. The molecule has 2 heterocycles. The highest BCUT2D eigenvalue weighted by Gasteiger charge is 2.61. The van der Waals surface area contributed by atoms with E-state index in [2.05, 4.69) is 15.7 Å². The van der Waals surface area contributed by atoms with Crippen LogP contribution in [-0.4, -0.2) is 58.5 Å². The molecule has 0 radical (unpaired) electrons. The lowest BCUT2D eigenvalue weighted by Crippen LogP contribution is -2.57. The smallest absolute Gasteiger partial charge is 0.408 e. The minimum Gasteiger partial charge on any atom is -0.444 e. The van der Waals surface area contributed by atoms with E-state index in [1.165, 1.54) is 4.90 Å². The van der Waals surface area contributed by atoms with Gasteiger partial charge in [0.15, 0.2) is 0 Å². The first-order valence-corrected chi connectivity index (χ1v) is 13.2. The zero-order valence-corrected chi connectivity index (χ0v) is 21.9. The molecule has 1 unspecified atom stereocenters. The predicted octanol–water partition coefficient (Wildman–Crippen LogP) is 2.83. The van der Waals surface area contributed by atoms with Crippen LogP contribution in [0.5, 0.6) is 0 Å².